The third kappa shape index (κ3) is 26.1. The summed E-state index contributed by atoms with van der Waals surface area (Å²) < 4.78 is 72.0. The first-order valence-electron chi connectivity index (χ1n) is 18.3. The van der Waals surface area contributed by atoms with Gasteiger partial charge in [0.25, 0.3) is 11.8 Å². The molecule has 1 aliphatic heterocycles. The van der Waals surface area contributed by atoms with E-state index in [1.807, 2.05) is 0 Å². The van der Waals surface area contributed by atoms with Crippen molar-refractivity contribution in [3.8, 4) is 0 Å². The predicted molar refractivity (Wildman–Crippen MR) is 201 cm³/mol. The molecule has 1 aromatic carbocycles. The minimum atomic E-state index is -0.279. The van der Waals surface area contributed by atoms with Gasteiger partial charge in [0.05, 0.1) is 189 Å². The third-order valence-corrected chi connectivity index (χ3v) is 7.46. The highest BCUT2D eigenvalue weighted by Gasteiger charge is 2.34. The largest absolute Gasteiger partial charge is 0.378 e. The van der Waals surface area contributed by atoms with E-state index in [1.54, 1.807) is 24.3 Å². The van der Waals surface area contributed by atoms with E-state index >= 15 is 0 Å². The Morgan fingerprint density at radius 1 is 0.340 bits per heavy atom. The Hall–Kier alpha value is -1.43. The standard InChI is InChI=1S/C36H60INO15/c37-5-7-41-9-11-43-13-15-45-17-19-47-21-23-49-25-27-51-29-31-53-32-30-52-28-26-50-24-22-48-20-18-46-16-14-44-12-10-42-8-6-38-35(39)33-3-1-2-4-34(33)36(38)40/h1-4H,5-32H2. The number of fused-ring (bicyclic) bond motifs is 1. The predicted octanol–water partition coefficient (Wildman–Crippen LogP) is 1.93. The monoisotopic (exact) mass is 873 g/mol. The van der Waals surface area contributed by atoms with Crippen molar-refractivity contribution in [3.63, 3.8) is 0 Å². The van der Waals surface area contributed by atoms with Crippen LogP contribution in [0.2, 0.25) is 0 Å². The van der Waals surface area contributed by atoms with Crippen molar-refractivity contribution in [1.82, 2.24) is 4.90 Å². The SMILES string of the molecule is O=C1c2ccccc2C(=O)N1CCOCCOCCOCCOCCOCCOCCOCCOCCOCCOCCOCCOCCOCCI. The number of carbonyl (C=O) groups is 2. The smallest absolute Gasteiger partial charge is 0.261 e. The van der Waals surface area contributed by atoms with Crippen LogP contribution < -0.4 is 0 Å². The molecule has 0 N–H and O–H groups in total. The van der Waals surface area contributed by atoms with Gasteiger partial charge < -0.3 is 61.6 Å². The average Bonchev–Trinajstić information content (AvgIpc) is 3.42. The first kappa shape index (κ1) is 47.7. The zero-order valence-corrected chi connectivity index (χ0v) is 33.2. The molecule has 0 atom stereocenters. The fourth-order valence-corrected chi connectivity index (χ4v) is 4.71. The number of imide groups is 1. The van der Waals surface area contributed by atoms with E-state index < -0.39 is 0 Å². The second-order valence-electron chi connectivity index (χ2n) is 11.0. The number of amides is 2. The number of hydrogen-bond donors (Lipinski definition) is 0. The van der Waals surface area contributed by atoms with Gasteiger partial charge >= 0.3 is 0 Å². The van der Waals surface area contributed by atoms with E-state index in [2.05, 4.69) is 22.6 Å². The van der Waals surface area contributed by atoms with Crippen LogP contribution >= 0.6 is 22.6 Å². The van der Waals surface area contributed by atoms with Gasteiger partial charge in [-0.1, -0.05) is 34.7 Å². The van der Waals surface area contributed by atoms with Crippen LogP contribution in [0, 0.1) is 0 Å². The molecule has 0 unspecified atom stereocenters. The molecule has 53 heavy (non-hydrogen) atoms. The molecule has 2 rings (SSSR count). The highest BCUT2D eigenvalue weighted by Crippen LogP contribution is 2.21. The summed E-state index contributed by atoms with van der Waals surface area (Å²) in [6, 6.07) is 6.82. The Labute approximate surface area is 327 Å². The van der Waals surface area contributed by atoms with Crippen LogP contribution in [0.3, 0.4) is 0 Å². The zero-order valence-electron chi connectivity index (χ0n) is 31.1. The molecule has 0 spiro atoms. The summed E-state index contributed by atoms with van der Waals surface area (Å²) in [4.78, 5) is 25.8. The fourth-order valence-electron chi connectivity index (χ4n) is 4.39. The van der Waals surface area contributed by atoms with Gasteiger partial charge in [-0.05, 0) is 12.1 Å². The Kier molecular flexibility index (Phi) is 32.6. The lowest BCUT2D eigenvalue weighted by atomic mass is 10.1. The van der Waals surface area contributed by atoms with Crippen molar-refractivity contribution in [3.05, 3.63) is 35.4 Å². The van der Waals surface area contributed by atoms with E-state index in [1.165, 1.54) is 4.90 Å². The first-order valence-corrected chi connectivity index (χ1v) is 19.8. The maximum absolute atomic E-state index is 12.3. The molecule has 0 saturated heterocycles. The van der Waals surface area contributed by atoms with E-state index in [4.69, 9.17) is 61.6 Å². The lowest BCUT2D eigenvalue weighted by Gasteiger charge is -2.13. The summed E-state index contributed by atoms with van der Waals surface area (Å²) in [5.74, 6) is -0.558. The Morgan fingerprint density at radius 3 is 0.774 bits per heavy atom. The summed E-state index contributed by atoms with van der Waals surface area (Å²) >= 11 is 2.27. The van der Waals surface area contributed by atoms with Crippen molar-refractivity contribution in [2.75, 3.05) is 183 Å². The second-order valence-corrected chi connectivity index (χ2v) is 12.0. The molecule has 1 aromatic rings. The van der Waals surface area contributed by atoms with Gasteiger partial charge in [-0.3, -0.25) is 14.5 Å². The second kappa shape index (κ2) is 36.2. The average molecular weight is 874 g/mol. The highest BCUT2D eigenvalue weighted by atomic mass is 127. The fraction of sp³-hybridized carbons (Fsp3) is 0.778. The molecule has 0 aromatic heterocycles. The number of hydrogen-bond acceptors (Lipinski definition) is 15. The molecule has 0 bridgehead atoms. The van der Waals surface area contributed by atoms with Crippen molar-refractivity contribution in [1.29, 1.82) is 0 Å². The van der Waals surface area contributed by atoms with E-state index in [0.29, 0.717) is 170 Å². The number of benzene rings is 1. The van der Waals surface area contributed by atoms with Crippen LogP contribution in [0.25, 0.3) is 0 Å². The van der Waals surface area contributed by atoms with Crippen LogP contribution in [-0.4, -0.2) is 199 Å². The van der Waals surface area contributed by atoms with Gasteiger partial charge in [0, 0.05) is 4.43 Å². The van der Waals surface area contributed by atoms with Crippen molar-refractivity contribution >= 4 is 34.4 Å². The van der Waals surface area contributed by atoms with Gasteiger partial charge in [-0.2, -0.15) is 0 Å². The van der Waals surface area contributed by atoms with Crippen molar-refractivity contribution in [2.45, 2.75) is 0 Å². The third-order valence-electron chi connectivity index (χ3n) is 7.02. The molecule has 0 radical (unpaired) electrons. The number of carbonyl (C=O) groups excluding carboxylic acids is 2. The molecule has 0 saturated carbocycles. The molecule has 2 amide bonds. The van der Waals surface area contributed by atoms with Gasteiger partial charge in [0.15, 0.2) is 0 Å². The van der Waals surface area contributed by atoms with Gasteiger partial charge in [0.2, 0.25) is 0 Å². The number of nitrogens with zero attached hydrogens (tertiary/aromatic N) is 1. The maximum atomic E-state index is 12.3. The van der Waals surface area contributed by atoms with Gasteiger partial charge in [-0.25, -0.2) is 0 Å². The molecule has 0 fully saturated rings. The molecular formula is C36H60INO15. The lowest BCUT2D eigenvalue weighted by molar-refractivity contribution is -0.0290. The maximum Gasteiger partial charge on any atom is 0.261 e. The summed E-state index contributed by atoms with van der Waals surface area (Å²) in [6.45, 7) is 13.1. The van der Waals surface area contributed by atoms with Gasteiger partial charge in [0.1, 0.15) is 0 Å². The Balaban J connectivity index is 1.15. The van der Waals surface area contributed by atoms with Crippen LogP contribution in [0.4, 0.5) is 0 Å². The van der Waals surface area contributed by atoms with Crippen molar-refractivity contribution in [2.24, 2.45) is 0 Å². The number of halogens is 1. The quantitative estimate of drug-likeness (QED) is 0.0407. The number of ether oxygens (including phenoxy) is 13. The van der Waals surface area contributed by atoms with Crippen LogP contribution in [0.1, 0.15) is 20.7 Å². The minimum absolute atomic E-state index is 0.212. The van der Waals surface area contributed by atoms with E-state index in [9.17, 15) is 9.59 Å². The lowest BCUT2D eigenvalue weighted by Crippen LogP contribution is -2.33. The van der Waals surface area contributed by atoms with Gasteiger partial charge in [-0.15, -0.1) is 0 Å². The van der Waals surface area contributed by atoms with Crippen LogP contribution in [0.15, 0.2) is 24.3 Å². The molecule has 1 aliphatic rings. The summed E-state index contributed by atoms with van der Waals surface area (Å²) in [7, 11) is 0. The highest BCUT2D eigenvalue weighted by molar-refractivity contribution is 14.1. The normalized spacial score (nSPS) is 12.7. The minimum Gasteiger partial charge on any atom is -0.378 e. The van der Waals surface area contributed by atoms with E-state index in [0.717, 1.165) is 11.0 Å². The zero-order chi connectivity index (χ0) is 37.7. The topological polar surface area (TPSA) is 157 Å². The summed E-state index contributed by atoms with van der Waals surface area (Å²) in [5, 5.41) is 0. The Morgan fingerprint density at radius 2 is 0.547 bits per heavy atom. The summed E-state index contributed by atoms with van der Waals surface area (Å²) in [5.41, 5.74) is 0.882. The number of rotatable bonds is 41. The molecule has 0 aliphatic carbocycles. The number of alkyl halides is 1. The van der Waals surface area contributed by atoms with Crippen LogP contribution in [-0.2, 0) is 61.6 Å². The molecule has 17 heteroatoms. The van der Waals surface area contributed by atoms with E-state index in [-0.39, 0.29) is 25.0 Å². The first-order chi connectivity index (χ1) is 26.3. The molecule has 306 valence electrons. The molecular weight excluding hydrogens is 813 g/mol. The Bertz CT molecular complexity index is 976. The molecule has 1 heterocycles. The molecule has 16 nitrogen and oxygen atoms in total. The van der Waals surface area contributed by atoms with Crippen LogP contribution in [0.5, 0.6) is 0 Å². The summed E-state index contributed by atoms with van der Waals surface area (Å²) in [6.07, 6.45) is 0. The van der Waals surface area contributed by atoms with Crippen molar-refractivity contribution < 1.29 is 71.2 Å².